The molecular formula is C19H21N5O4S. The first-order valence-corrected chi connectivity index (χ1v) is 9.78. The fourth-order valence-corrected chi connectivity index (χ4v) is 3.81. The van der Waals surface area contributed by atoms with Gasteiger partial charge < -0.3 is 20.4 Å². The van der Waals surface area contributed by atoms with E-state index in [9.17, 15) is 9.59 Å². The third-order valence-electron chi connectivity index (χ3n) is 4.24. The fraction of sp³-hybridized carbons (Fsp3) is 0.263. The van der Waals surface area contributed by atoms with Crippen LogP contribution < -0.4 is 5.32 Å². The second-order valence-corrected chi connectivity index (χ2v) is 7.33. The summed E-state index contributed by atoms with van der Waals surface area (Å²) in [4.78, 5) is 32.1. The van der Waals surface area contributed by atoms with Gasteiger partial charge in [0.2, 0.25) is 5.96 Å². The highest BCUT2D eigenvalue weighted by atomic mass is 32.2. The maximum absolute atomic E-state index is 9.55. The Balaban J connectivity index is 0.000000258. The molecule has 152 valence electrons. The number of carboxylic acids is 2. The van der Waals surface area contributed by atoms with Gasteiger partial charge in [0.15, 0.2) is 5.16 Å². The molecule has 1 fully saturated rings. The highest BCUT2D eigenvalue weighted by Crippen LogP contribution is 2.37. The molecule has 2 aliphatic heterocycles. The van der Waals surface area contributed by atoms with Crippen LogP contribution in [0.5, 0.6) is 0 Å². The van der Waals surface area contributed by atoms with Gasteiger partial charge in [0.25, 0.3) is 0 Å². The van der Waals surface area contributed by atoms with E-state index >= 15 is 0 Å². The maximum Gasteiger partial charge on any atom is 0.328 e. The van der Waals surface area contributed by atoms with Crippen molar-refractivity contribution < 1.29 is 19.8 Å². The minimum Gasteiger partial charge on any atom is -0.478 e. The first-order valence-electron chi connectivity index (χ1n) is 8.96. The normalized spacial score (nSPS) is 18.0. The molecule has 0 saturated carbocycles. The molecule has 1 aromatic carbocycles. The van der Waals surface area contributed by atoms with E-state index < -0.39 is 11.9 Å². The van der Waals surface area contributed by atoms with Crippen molar-refractivity contribution in [3.8, 4) is 0 Å². The van der Waals surface area contributed by atoms with E-state index in [1.54, 1.807) is 11.8 Å². The number of aliphatic imine (C=N–C) groups is 1. The Labute approximate surface area is 171 Å². The predicted octanol–water partition coefficient (Wildman–Crippen LogP) is 1.89. The highest BCUT2D eigenvalue weighted by molar-refractivity contribution is 7.99. The zero-order chi connectivity index (χ0) is 20.8. The predicted molar refractivity (Wildman–Crippen MR) is 109 cm³/mol. The van der Waals surface area contributed by atoms with Gasteiger partial charge in [-0.1, -0.05) is 12.1 Å². The molecule has 0 aliphatic carbocycles. The lowest BCUT2D eigenvalue weighted by atomic mass is 10.2. The molecule has 4 rings (SSSR count). The van der Waals surface area contributed by atoms with E-state index in [0.29, 0.717) is 18.2 Å². The summed E-state index contributed by atoms with van der Waals surface area (Å²) in [6.45, 7) is 5.17. The molecule has 0 amide bonds. The first-order chi connectivity index (χ1) is 14.0. The van der Waals surface area contributed by atoms with Crippen molar-refractivity contribution in [3.63, 3.8) is 0 Å². The number of fused-ring (bicyclic) bond motifs is 2. The number of piperazine rings is 1. The summed E-state index contributed by atoms with van der Waals surface area (Å²) in [6, 6.07) is 8.68. The highest BCUT2D eigenvalue weighted by Gasteiger charge is 2.26. The number of imidazole rings is 1. The lowest BCUT2D eigenvalue weighted by Crippen LogP contribution is -2.53. The average molecular weight is 415 g/mol. The molecule has 29 heavy (non-hydrogen) atoms. The molecule has 3 N–H and O–H groups in total. The van der Waals surface area contributed by atoms with E-state index in [1.807, 2.05) is 24.5 Å². The molecule has 0 spiro atoms. The van der Waals surface area contributed by atoms with Crippen molar-refractivity contribution in [2.24, 2.45) is 4.99 Å². The van der Waals surface area contributed by atoms with Gasteiger partial charge in [0, 0.05) is 55.1 Å². The van der Waals surface area contributed by atoms with E-state index in [1.165, 1.54) is 0 Å². The summed E-state index contributed by atoms with van der Waals surface area (Å²) in [5.41, 5.74) is 1.02. The zero-order valence-electron chi connectivity index (χ0n) is 15.7. The smallest absolute Gasteiger partial charge is 0.328 e. The van der Waals surface area contributed by atoms with E-state index in [-0.39, 0.29) is 0 Å². The number of nitrogens with one attached hydrogen (secondary N) is 1. The second-order valence-electron chi connectivity index (χ2n) is 6.32. The van der Waals surface area contributed by atoms with Crippen LogP contribution in [0.25, 0.3) is 0 Å². The van der Waals surface area contributed by atoms with Gasteiger partial charge >= 0.3 is 11.9 Å². The fourth-order valence-electron chi connectivity index (χ4n) is 2.90. The lowest BCUT2D eigenvalue weighted by molar-refractivity contribution is -0.134. The van der Waals surface area contributed by atoms with Gasteiger partial charge in [-0.3, -0.25) is 4.57 Å². The van der Waals surface area contributed by atoms with E-state index in [4.69, 9.17) is 15.2 Å². The van der Waals surface area contributed by atoms with Crippen molar-refractivity contribution in [1.29, 1.82) is 0 Å². The topological polar surface area (TPSA) is 120 Å². The molecule has 2 aromatic rings. The van der Waals surface area contributed by atoms with E-state index in [0.717, 1.165) is 41.3 Å². The number of aliphatic carboxylic acids is 2. The largest absolute Gasteiger partial charge is 0.478 e. The molecule has 1 saturated heterocycles. The average Bonchev–Trinajstić information content (AvgIpc) is 3.09. The third-order valence-corrected chi connectivity index (χ3v) is 5.29. The lowest BCUT2D eigenvalue weighted by Gasteiger charge is -2.36. The molecule has 1 unspecified atom stereocenters. The number of hydrogen-bond donors (Lipinski definition) is 3. The Morgan fingerprint density at radius 2 is 1.97 bits per heavy atom. The summed E-state index contributed by atoms with van der Waals surface area (Å²) in [6.07, 6.45) is 4.96. The number of hydrogen-bond acceptors (Lipinski definition) is 7. The van der Waals surface area contributed by atoms with Crippen LogP contribution in [0.4, 0.5) is 5.69 Å². The number of nitrogens with zero attached hydrogens (tertiary/aromatic N) is 4. The summed E-state index contributed by atoms with van der Waals surface area (Å²) >= 11 is 1.67. The Bertz CT molecular complexity index is 940. The van der Waals surface area contributed by atoms with Crippen LogP contribution in [-0.2, 0) is 9.59 Å². The van der Waals surface area contributed by atoms with Crippen molar-refractivity contribution in [1.82, 2.24) is 19.8 Å². The summed E-state index contributed by atoms with van der Waals surface area (Å²) < 4.78 is 2.10. The Morgan fingerprint density at radius 1 is 1.24 bits per heavy atom. The molecular weight excluding hydrogens is 394 g/mol. The minimum atomic E-state index is -1.26. The van der Waals surface area contributed by atoms with Crippen LogP contribution >= 0.6 is 11.8 Å². The quantitative estimate of drug-likeness (QED) is 0.636. The Kier molecular flexibility index (Phi) is 6.68. The Morgan fingerprint density at radius 3 is 2.66 bits per heavy atom. The molecule has 3 heterocycles. The maximum atomic E-state index is 9.55. The summed E-state index contributed by atoms with van der Waals surface area (Å²) in [5.74, 6) is -1.53. The SMILES string of the molecule is CC1CNCCN1C1=Nc2ccccc2Sc2nccn21.O=C(O)/C=C\C(=O)O. The molecule has 1 atom stereocenters. The first kappa shape index (κ1) is 20.6. The molecule has 0 bridgehead atoms. The number of carboxylic acid groups (broad SMARTS) is 2. The molecule has 1 aromatic heterocycles. The molecule has 9 nitrogen and oxygen atoms in total. The van der Waals surface area contributed by atoms with Gasteiger partial charge in [0.05, 0.1) is 5.69 Å². The molecule has 0 radical (unpaired) electrons. The number of rotatable bonds is 2. The van der Waals surface area contributed by atoms with Gasteiger partial charge in [-0.05, 0) is 30.8 Å². The van der Waals surface area contributed by atoms with Crippen molar-refractivity contribution in [2.45, 2.75) is 23.0 Å². The van der Waals surface area contributed by atoms with Crippen molar-refractivity contribution in [3.05, 3.63) is 48.8 Å². The number of benzene rings is 1. The van der Waals surface area contributed by atoms with Crippen LogP contribution in [0.15, 0.2) is 63.9 Å². The molecule has 2 aliphatic rings. The molecule has 10 heteroatoms. The van der Waals surface area contributed by atoms with Gasteiger partial charge in [-0.2, -0.15) is 0 Å². The van der Waals surface area contributed by atoms with Gasteiger partial charge in [0.1, 0.15) is 0 Å². The van der Waals surface area contributed by atoms with Crippen molar-refractivity contribution in [2.75, 3.05) is 19.6 Å². The standard InChI is InChI=1S/C15H17N5S.C4H4O4/c1-11-10-16-6-8-19(11)14-18-12-4-2-3-5-13(12)21-15-17-7-9-20(14)15;5-3(6)1-2-4(7)8/h2-5,7,9,11,16H,6,8,10H2,1H3;1-2H,(H,5,6)(H,7,8)/b;2-1-. The van der Waals surface area contributed by atoms with Crippen LogP contribution in [0, 0.1) is 0 Å². The third kappa shape index (κ3) is 5.24. The zero-order valence-corrected chi connectivity index (χ0v) is 16.5. The van der Waals surface area contributed by atoms with Crippen LogP contribution in [-0.4, -0.2) is 68.2 Å². The summed E-state index contributed by atoms with van der Waals surface area (Å²) in [7, 11) is 0. The minimum absolute atomic E-state index is 0.419. The Hall–Kier alpha value is -3.11. The van der Waals surface area contributed by atoms with Crippen LogP contribution in [0.1, 0.15) is 6.92 Å². The second kappa shape index (κ2) is 9.39. The monoisotopic (exact) mass is 415 g/mol. The number of para-hydroxylation sites is 1. The number of carbonyl (C=O) groups is 2. The number of aromatic nitrogens is 2. The van der Waals surface area contributed by atoms with E-state index in [2.05, 4.69) is 38.8 Å². The van der Waals surface area contributed by atoms with Gasteiger partial charge in [-0.25, -0.2) is 19.6 Å². The van der Waals surface area contributed by atoms with Crippen LogP contribution in [0.3, 0.4) is 0 Å². The van der Waals surface area contributed by atoms with Crippen molar-refractivity contribution >= 4 is 35.3 Å². The summed E-state index contributed by atoms with van der Waals surface area (Å²) in [5, 5.41) is 20.0. The van der Waals surface area contributed by atoms with Gasteiger partial charge in [-0.15, -0.1) is 0 Å². The van der Waals surface area contributed by atoms with Crippen LogP contribution in [0.2, 0.25) is 0 Å².